The van der Waals surface area contributed by atoms with Gasteiger partial charge in [0.15, 0.2) is 0 Å². The van der Waals surface area contributed by atoms with Crippen molar-refractivity contribution < 1.29 is 24.5 Å². The number of esters is 1. The summed E-state index contributed by atoms with van der Waals surface area (Å²) in [7, 11) is 0. The molecule has 0 aromatic carbocycles. The van der Waals surface area contributed by atoms with Crippen molar-refractivity contribution in [3.63, 3.8) is 0 Å². The van der Waals surface area contributed by atoms with Crippen molar-refractivity contribution in [1.29, 1.82) is 0 Å². The highest BCUT2D eigenvalue weighted by Gasteiger charge is 2.20. The molecule has 0 aromatic heterocycles. The third kappa shape index (κ3) is 67.1. The van der Waals surface area contributed by atoms with Crippen molar-refractivity contribution in [2.75, 3.05) is 13.2 Å². The largest absolute Gasteiger partial charge is 0.466 e. The van der Waals surface area contributed by atoms with E-state index < -0.39 is 12.1 Å². The topological polar surface area (TPSA) is 95.9 Å². The van der Waals surface area contributed by atoms with E-state index in [4.69, 9.17) is 4.74 Å². The number of amides is 1. The molecule has 0 fully saturated rings. The number of aliphatic hydroxyl groups excluding tert-OH is 2. The number of carbonyl (C=O) groups is 2. The smallest absolute Gasteiger partial charge is 0.305 e. The SMILES string of the molecule is CCCCCCCCC/C=C\CCCCCCCC(=O)OCCCCCCCCCCCCC/C=C\C/C=C\CCCCCCCCCCCCCCCCCCCC(=O)NC(CO)C(O)CCCCCCCCCCCCCCC. The number of allylic oxidation sites excluding steroid dienone is 6. The molecule has 3 N–H and O–H groups in total. The summed E-state index contributed by atoms with van der Waals surface area (Å²) in [6.07, 6.45) is 90.7. The van der Waals surface area contributed by atoms with Crippen molar-refractivity contribution in [3.05, 3.63) is 36.5 Å². The van der Waals surface area contributed by atoms with E-state index >= 15 is 0 Å². The van der Waals surface area contributed by atoms with Crippen LogP contribution in [0, 0.1) is 0 Å². The molecule has 0 aromatic rings. The third-order valence-corrected chi connectivity index (χ3v) is 17.2. The lowest BCUT2D eigenvalue weighted by Crippen LogP contribution is -2.45. The van der Waals surface area contributed by atoms with E-state index in [2.05, 4.69) is 55.6 Å². The molecule has 6 nitrogen and oxygen atoms in total. The number of hydrogen-bond acceptors (Lipinski definition) is 5. The minimum absolute atomic E-state index is 0.00982. The minimum atomic E-state index is -0.662. The Bertz CT molecular complexity index is 1310. The number of hydrogen-bond donors (Lipinski definition) is 3. The van der Waals surface area contributed by atoms with Gasteiger partial charge in [-0.15, -0.1) is 0 Å². The number of carbonyl (C=O) groups excluding carboxylic acids is 2. The van der Waals surface area contributed by atoms with Gasteiger partial charge in [0.1, 0.15) is 0 Å². The lowest BCUT2D eigenvalue weighted by molar-refractivity contribution is -0.143. The number of ether oxygens (including phenoxy) is 1. The lowest BCUT2D eigenvalue weighted by Gasteiger charge is -2.22. The molecule has 81 heavy (non-hydrogen) atoms. The maximum absolute atomic E-state index is 12.5. The molecule has 0 radical (unpaired) electrons. The number of unbranched alkanes of at least 4 members (excludes halogenated alkanes) is 52. The van der Waals surface area contributed by atoms with Crippen molar-refractivity contribution in [3.8, 4) is 0 Å². The van der Waals surface area contributed by atoms with Gasteiger partial charge in [0.2, 0.25) is 5.91 Å². The first-order chi connectivity index (χ1) is 40.0. The Labute approximate surface area is 506 Å². The molecule has 2 atom stereocenters. The van der Waals surface area contributed by atoms with E-state index in [0.29, 0.717) is 25.9 Å². The number of rotatable bonds is 69. The maximum atomic E-state index is 12.5. The Morgan fingerprint density at radius 2 is 0.617 bits per heavy atom. The Hall–Kier alpha value is -1.92. The van der Waals surface area contributed by atoms with E-state index in [0.717, 1.165) is 51.4 Å². The van der Waals surface area contributed by atoms with E-state index in [9.17, 15) is 19.8 Å². The van der Waals surface area contributed by atoms with Gasteiger partial charge in [-0.05, 0) is 83.5 Å². The summed E-state index contributed by atoms with van der Waals surface area (Å²) < 4.78 is 5.49. The molecule has 1 amide bonds. The fourth-order valence-corrected chi connectivity index (χ4v) is 11.6. The molecule has 0 rings (SSSR count). The van der Waals surface area contributed by atoms with Gasteiger partial charge < -0.3 is 20.3 Å². The molecular weight excluding hydrogens is 995 g/mol. The first kappa shape index (κ1) is 79.1. The second-order valence-electron chi connectivity index (χ2n) is 25.3. The Morgan fingerprint density at radius 1 is 0.346 bits per heavy atom. The van der Waals surface area contributed by atoms with E-state index in [-0.39, 0.29) is 18.5 Å². The number of aliphatic hydroxyl groups is 2. The Balaban J connectivity index is 3.36. The summed E-state index contributed by atoms with van der Waals surface area (Å²) in [4.78, 5) is 24.6. The standard InChI is InChI=1S/C75H143NO5/c1-3-5-7-9-11-13-15-17-18-41-45-49-53-57-61-65-69-75(80)81-70-66-62-58-54-50-46-42-39-37-35-33-31-29-27-25-23-21-19-20-22-24-26-28-30-32-34-36-38-40-44-48-52-56-60-64-68-74(79)76-72(71-77)73(78)67-63-59-55-51-47-43-16-14-12-10-8-6-4-2/h18,21,23,27,29,41,72-73,77-78H,3-17,19-20,22,24-26,28,30-40,42-71H2,1-2H3,(H,76,79)/b23-21-,29-27-,41-18-. The summed E-state index contributed by atoms with van der Waals surface area (Å²) in [5.41, 5.74) is 0. The maximum Gasteiger partial charge on any atom is 0.305 e. The lowest BCUT2D eigenvalue weighted by atomic mass is 10.0. The molecule has 2 unspecified atom stereocenters. The van der Waals surface area contributed by atoms with Crippen LogP contribution in [0.1, 0.15) is 406 Å². The monoisotopic (exact) mass is 1140 g/mol. The molecule has 0 spiro atoms. The predicted molar refractivity (Wildman–Crippen MR) is 356 cm³/mol. The van der Waals surface area contributed by atoms with Gasteiger partial charge in [0.25, 0.3) is 0 Å². The second kappa shape index (κ2) is 70.6. The van der Waals surface area contributed by atoms with Gasteiger partial charge in [-0.1, -0.05) is 346 Å². The molecule has 0 saturated heterocycles. The summed E-state index contributed by atoms with van der Waals surface area (Å²) in [6, 6.07) is -0.539. The van der Waals surface area contributed by atoms with E-state index in [1.807, 2.05) is 0 Å². The van der Waals surface area contributed by atoms with Crippen molar-refractivity contribution in [2.45, 2.75) is 418 Å². The minimum Gasteiger partial charge on any atom is -0.466 e. The fraction of sp³-hybridized carbons (Fsp3) is 0.893. The van der Waals surface area contributed by atoms with Crippen molar-refractivity contribution in [2.24, 2.45) is 0 Å². The van der Waals surface area contributed by atoms with Gasteiger partial charge in [-0.25, -0.2) is 0 Å². The summed E-state index contributed by atoms with van der Waals surface area (Å²) in [5.74, 6) is -0.0210. The molecule has 0 aliphatic carbocycles. The molecule has 0 aliphatic heterocycles. The molecule has 0 bridgehead atoms. The van der Waals surface area contributed by atoms with Crippen LogP contribution in [-0.4, -0.2) is 47.4 Å². The van der Waals surface area contributed by atoms with Gasteiger partial charge >= 0.3 is 5.97 Å². The quantitative estimate of drug-likeness (QED) is 0.0320. The first-order valence-corrected chi connectivity index (χ1v) is 36.7. The summed E-state index contributed by atoms with van der Waals surface area (Å²) >= 11 is 0. The van der Waals surface area contributed by atoms with Gasteiger partial charge in [-0.2, -0.15) is 0 Å². The molecular formula is C75H143NO5. The highest BCUT2D eigenvalue weighted by Crippen LogP contribution is 2.19. The van der Waals surface area contributed by atoms with Crippen LogP contribution in [-0.2, 0) is 14.3 Å². The fourth-order valence-electron chi connectivity index (χ4n) is 11.6. The molecule has 0 aliphatic rings. The molecule has 6 heteroatoms. The molecule has 478 valence electrons. The van der Waals surface area contributed by atoms with Crippen LogP contribution in [0.25, 0.3) is 0 Å². The molecule has 0 saturated carbocycles. The second-order valence-corrected chi connectivity index (χ2v) is 25.3. The Morgan fingerprint density at radius 3 is 0.951 bits per heavy atom. The summed E-state index contributed by atoms with van der Waals surface area (Å²) in [5, 5.41) is 23.3. The van der Waals surface area contributed by atoms with Crippen molar-refractivity contribution >= 4 is 11.9 Å². The summed E-state index contributed by atoms with van der Waals surface area (Å²) in [6.45, 7) is 4.97. The highest BCUT2D eigenvalue weighted by atomic mass is 16.5. The zero-order chi connectivity index (χ0) is 58.5. The zero-order valence-corrected chi connectivity index (χ0v) is 54.8. The predicted octanol–water partition coefficient (Wildman–Crippen LogP) is 23.9. The van der Waals surface area contributed by atoms with Crippen LogP contribution in [0.4, 0.5) is 0 Å². The van der Waals surface area contributed by atoms with Crippen LogP contribution >= 0.6 is 0 Å². The van der Waals surface area contributed by atoms with E-state index in [1.165, 1.54) is 321 Å². The van der Waals surface area contributed by atoms with Crippen molar-refractivity contribution in [1.82, 2.24) is 5.32 Å². The van der Waals surface area contributed by atoms with Gasteiger partial charge in [-0.3, -0.25) is 9.59 Å². The van der Waals surface area contributed by atoms with Crippen LogP contribution in [0.3, 0.4) is 0 Å². The van der Waals surface area contributed by atoms with Gasteiger partial charge in [0.05, 0.1) is 25.4 Å². The van der Waals surface area contributed by atoms with Crippen LogP contribution in [0.5, 0.6) is 0 Å². The Kier molecular flexibility index (Phi) is 68.9. The average molecular weight is 1140 g/mol. The van der Waals surface area contributed by atoms with Crippen LogP contribution < -0.4 is 5.32 Å². The normalized spacial score (nSPS) is 12.7. The first-order valence-electron chi connectivity index (χ1n) is 36.7. The van der Waals surface area contributed by atoms with Gasteiger partial charge in [0, 0.05) is 12.8 Å². The average Bonchev–Trinajstić information content (AvgIpc) is 3.47. The number of nitrogens with one attached hydrogen (secondary N) is 1. The zero-order valence-electron chi connectivity index (χ0n) is 54.8. The highest BCUT2D eigenvalue weighted by molar-refractivity contribution is 5.76. The van der Waals surface area contributed by atoms with E-state index in [1.54, 1.807) is 0 Å². The molecule has 0 heterocycles. The third-order valence-electron chi connectivity index (χ3n) is 17.2. The van der Waals surface area contributed by atoms with Crippen LogP contribution in [0.15, 0.2) is 36.5 Å². The van der Waals surface area contributed by atoms with Crippen LogP contribution in [0.2, 0.25) is 0 Å².